The normalized spacial score (nSPS) is 10.7. The Morgan fingerprint density at radius 3 is 2.55 bits per heavy atom. The Balaban J connectivity index is 2.13. The number of esters is 1. The van der Waals surface area contributed by atoms with Crippen LogP contribution >= 0.6 is 0 Å². The molecule has 1 amide bonds. The molecule has 0 atom stereocenters. The maximum Gasteiger partial charge on any atom is 0.356 e. The van der Waals surface area contributed by atoms with Crippen LogP contribution in [0.1, 0.15) is 10.4 Å². The third-order valence-electron chi connectivity index (χ3n) is 2.73. The van der Waals surface area contributed by atoms with Crippen LogP contribution in [0.3, 0.4) is 0 Å². The quantitative estimate of drug-likeness (QED) is 0.651. The Hall–Kier alpha value is -3.15. The fourth-order valence-electron chi connectivity index (χ4n) is 1.64. The number of benzene rings is 1. The lowest BCUT2D eigenvalue weighted by Crippen LogP contribution is -2.28. The summed E-state index contributed by atoms with van der Waals surface area (Å²) >= 11 is 0. The van der Waals surface area contributed by atoms with Gasteiger partial charge in [0.25, 0.3) is 5.91 Å². The summed E-state index contributed by atoms with van der Waals surface area (Å²) in [5.41, 5.74) is 1.12. The predicted molar refractivity (Wildman–Crippen MR) is 81.9 cm³/mol. The summed E-state index contributed by atoms with van der Waals surface area (Å²) in [5, 5.41) is 5.40. The minimum absolute atomic E-state index is 0.000191. The third kappa shape index (κ3) is 4.17. The number of amides is 1. The first-order valence-corrected chi connectivity index (χ1v) is 6.52. The summed E-state index contributed by atoms with van der Waals surface area (Å²) < 4.78 is 4.66. The lowest BCUT2D eigenvalue weighted by molar-refractivity contribution is -0.136. The number of hydrogen-bond donors (Lipinski definition) is 2. The Morgan fingerprint density at radius 2 is 1.91 bits per heavy atom. The molecule has 6 nitrogen and oxygen atoms in total. The second-order valence-corrected chi connectivity index (χ2v) is 4.26. The summed E-state index contributed by atoms with van der Waals surface area (Å²) in [6.07, 6.45) is 4.58. The predicted octanol–water partition coefficient (Wildman–Crippen LogP) is 1.94. The van der Waals surface area contributed by atoms with Crippen LogP contribution in [0.25, 0.3) is 0 Å². The van der Waals surface area contributed by atoms with Crippen molar-refractivity contribution in [3.05, 3.63) is 72.3 Å². The van der Waals surface area contributed by atoms with E-state index in [1.54, 1.807) is 54.9 Å². The van der Waals surface area contributed by atoms with Gasteiger partial charge in [-0.05, 0) is 24.3 Å². The number of hydrogen-bond acceptors (Lipinski definition) is 5. The zero-order chi connectivity index (χ0) is 15.8. The van der Waals surface area contributed by atoms with Crippen LogP contribution in [0.15, 0.2) is 66.8 Å². The van der Waals surface area contributed by atoms with E-state index in [9.17, 15) is 9.59 Å². The lowest BCUT2D eigenvalue weighted by atomic mass is 10.2. The Morgan fingerprint density at radius 1 is 1.14 bits per heavy atom. The van der Waals surface area contributed by atoms with Crippen molar-refractivity contribution in [3.63, 3.8) is 0 Å². The van der Waals surface area contributed by atoms with Gasteiger partial charge in [0.1, 0.15) is 5.70 Å². The van der Waals surface area contributed by atoms with Crippen molar-refractivity contribution in [1.82, 2.24) is 10.3 Å². The van der Waals surface area contributed by atoms with E-state index in [4.69, 9.17) is 0 Å². The largest absolute Gasteiger partial charge is 0.464 e. The number of ether oxygens (including phenoxy) is 1. The maximum atomic E-state index is 12.1. The molecular formula is C16H15N3O3. The van der Waals surface area contributed by atoms with Gasteiger partial charge in [0.05, 0.1) is 19.0 Å². The SMILES string of the molecule is COC(=O)C(=CNc1cccnc1)NC(=O)c1ccccc1. The van der Waals surface area contributed by atoms with E-state index in [0.29, 0.717) is 11.3 Å². The second-order valence-electron chi connectivity index (χ2n) is 4.26. The van der Waals surface area contributed by atoms with Crippen molar-refractivity contribution in [2.75, 3.05) is 12.4 Å². The number of nitrogens with zero attached hydrogens (tertiary/aromatic N) is 1. The van der Waals surface area contributed by atoms with E-state index >= 15 is 0 Å². The average Bonchev–Trinajstić information content (AvgIpc) is 2.59. The molecule has 0 radical (unpaired) electrons. The average molecular weight is 297 g/mol. The van der Waals surface area contributed by atoms with Gasteiger partial charge in [-0.2, -0.15) is 0 Å². The van der Waals surface area contributed by atoms with Crippen LogP contribution in [-0.2, 0) is 9.53 Å². The number of carbonyl (C=O) groups excluding carboxylic acids is 2. The molecule has 0 unspecified atom stereocenters. The van der Waals surface area contributed by atoms with Crippen LogP contribution < -0.4 is 10.6 Å². The number of aromatic nitrogens is 1. The van der Waals surface area contributed by atoms with Gasteiger partial charge >= 0.3 is 5.97 Å². The van der Waals surface area contributed by atoms with Crippen LogP contribution in [0.5, 0.6) is 0 Å². The minimum Gasteiger partial charge on any atom is -0.464 e. The van der Waals surface area contributed by atoms with E-state index in [1.165, 1.54) is 13.3 Å². The molecule has 0 aliphatic rings. The minimum atomic E-state index is -0.652. The topological polar surface area (TPSA) is 80.3 Å². The van der Waals surface area contributed by atoms with Crippen molar-refractivity contribution in [1.29, 1.82) is 0 Å². The Bertz CT molecular complexity index is 670. The zero-order valence-corrected chi connectivity index (χ0v) is 11.9. The molecule has 0 aliphatic heterocycles. The highest BCUT2D eigenvalue weighted by molar-refractivity contribution is 6.01. The monoisotopic (exact) mass is 297 g/mol. The molecule has 1 heterocycles. The Labute approximate surface area is 127 Å². The maximum absolute atomic E-state index is 12.1. The number of rotatable bonds is 5. The first-order chi connectivity index (χ1) is 10.7. The molecule has 1 aromatic heterocycles. The molecule has 6 heteroatoms. The molecule has 112 valence electrons. The number of carbonyl (C=O) groups is 2. The van der Waals surface area contributed by atoms with Crippen molar-refractivity contribution < 1.29 is 14.3 Å². The summed E-state index contributed by atoms with van der Waals surface area (Å²) in [4.78, 5) is 27.8. The second kappa shape index (κ2) is 7.58. The van der Waals surface area contributed by atoms with Gasteiger partial charge in [-0.15, -0.1) is 0 Å². The van der Waals surface area contributed by atoms with E-state index in [1.807, 2.05) is 0 Å². The van der Waals surface area contributed by atoms with Crippen LogP contribution in [0.4, 0.5) is 5.69 Å². The standard InChI is InChI=1S/C16H15N3O3/c1-22-16(21)14(11-18-13-8-5-9-17-10-13)19-15(20)12-6-3-2-4-7-12/h2-11,18H,1H3,(H,19,20). The lowest BCUT2D eigenvalue weighted by Gasteiger charge is -2.09. The molecule has 22 heavy (non-hydrogen) atoms. The van der Waals surface area contributed by atoms with Gasteiger partial charge < -0.3 is 15.4 Å². The number of pyridine rings is 1. The van der Waals surface area contributed by atoms with Gasteiger partial charge in [0.2, 0.25) is 0 Å². The first kappa shape index (κ1) is 15.2. The molecule has 0 aliphatic carbocycles. The van der Waals surface area contributed by atoms with Gasteiger partial charge in [-0.25, -0.2) is 4.79 Å². The number of nitrogens with one attached hydrogen (secondary N) is 2. The molecule has 0 saturated carbocycles. The van der Waals surface area contributed by atoms with E-state index in [2.05, 4.69) is 20.4 Å². The highest BCUT2D eigenvalue weighted by Crippen LogP contribution is 2.05. The smallest absolute Gasteiger partial charge is 0.356 e. The fraction of sp³-hybridized carbons (Fsp3) is 0.0625. The summed E-state index contributed by atoms with van der Waals surface area (Å²) in [6.45, 7) is 0. The van der Waals surface area contributed by atoms with Gasteiger partial charge in [0.15, 0.2) is 0 Å². The van der Waals surface area contributed by atoms with E-state index in [-0.39, 0.29) is 5.70 Å². The van der Waals surface area contributed by atoms with Crippen LogP contribution in [0, 0.1) is 0 Å². The molecule has 0 spiro atoms. The molecule has 2 aromatic rings. The van der Waals surface area contributed by atoms with Gasteiger partial charge in [-0.1, -0.05) is 18.2 Å². The van der Waals surface area contributed by atoms with E-state index < -0.39 is 11.9 Å². The van der Waals surface area contributed by atoms with Gasteiger partial charge in [-0.3, -0.25) is 9.78 Å². The summed E-state index contributed by atoms with van der Waals surface area (Å²) in [6, 6.07) is 12.1. The van der Waals surface area contributed by atoms with Crippen molar-refractivity contribution in [2.45, 2.75) is 0 Å². The number of anilines is 1. The molecule has 1 aromatic carbocycles. The Kier molecular flexibility index (Phi) is 5.25. The van der Waals surface area contributed by atoms with Crippen LogP contribution in [-0.4, -0.2) is 24.0 Å². The first-order valence-electron chi connectivity index (χ1n) is 6.52. The summed E-state index contributed by atoms with van der Waals surface area (Å²) in [7, 11) is 1.24. The summed E-state index contributed by atoms with van der Waals surface area (Å²) in [5.74, 6) is -1.05. The van der Waals surface area contributed by atoms with Crippen molar-refractivity contribution in [3.8, 4) is 0 Å². The number of methoxy groups -OCH3 is 1. The highest BCUT2D eigenvalue weighted by atomic mass is 16.5. The molecule has 0 bridgehead atoms. The van der Waals surface area contributed by atoms with Crippen LogP contribution in [0.2, 0.25) is 0 Å². The highest BCUT2D eigenvalue weighted by Gasteiger charge is 2.14. The molecule has 0 fully saturated rings. The molecule has 2 rings (SSSR count). The third-order valence-corrected chi connectivity index (χ3v) is 2.73. The fourth-order valence-corrected chi connectivity index (χ4v) is 1.64. The molecule has 0 saturated heterocycles. The zero-order valence-electron chi connectivity index (χ0n) is 11.9. The van der Waals surface area contributed by atoms with Crippen molar-refractivity contribution in [2.24, 2.45) is 0 Å². The molecular weight excluding hydrogens is 282 g/mol. The molecule has 2 N–H and O–H groups in total. The van der Waals surface area contributed by atoms with E-state index in [0.717, 1.165) is 0 Å². The van der Waals surface area contributed by atoms with Crippen molar-refractivity contribution >= 4 is 17.6 Å². The van der Waals surface area contributed by atoms with Gasteiger partial charge in [0, 0.05) is 18.0 Å².